The third kappa shape index (κ3) is 6.37. The van der Waals surface area contributed by atoms with Crippen LogP contribution in [0.3, 0.4) is 0 Å². The van der Waals surface area contributed by atoms with E-state index in [1.807, 2.05) is 54.8 Å². The fourth-order valence-electron chi connectivity index (χ4n) is 4.64. The van der Waals surface area contributed by atoms with Crippen LogP contribution >= 0.6 is 46.3 Å². The summed E-state index contributed by atoms with van der Waals surface area (Å²) in [6, 6.07) is 19.8. The third-order valence-corrected chi connectivity index (χ3v) is 8.95. The van der Waals surface area contributed by atoms with Gasteiger partial charge in [-0.2, -0.15) is 0 Å². The summed E-state index contributed by atoms with van der Waals surface area (Å²) in [7, 11) is 0. The van der Waals surface area contributed by atoms with Crippen LogP contribution in [0.1, 0.15) is 43.5 Å². The van der Waals surface area contributed by atoms with Crippen molar-refractivity contribution in [2.45, 2.75) is 44.4 Å². The lowest BCUT2D eigenvalue weighted by atomic mass is 9.96. The topological polar surface area (TPSA) is 69.9 Å². The second-order valence-electron chi connectivity index (χ2n) is 9.87. The molecule has 1 aliphatic rings. The lowest BCUT2D eigenvalue weighted by molar-refractivity contribution is -0.143. The molecule has 5 rings (SSSR count). The monoisotopic (exact) mass is 638 g/mol. The van der Waals surface area contributed by atoms with E-state index >= 15 is 0 Å². The molecular formula is C32H28Cl2N2O4S2. The average molecular weight is 640 g/mol. The van der Waals surface area contributed by atoms with Crippen molar-refractivity contribution in [2.24, 2.45) is 4.99 Å². The molecule has 1 atom stereocenters. The first-order valence-electron chi connectivity index (χ1n) is 13.2. The van der Waals surface area contributed by atoms with Gasteiger partial charge in [0.05, 0.1) is 27.9 Å². The highest BCUT2D eigenvalue weighted by atomic mass is 35.5. The van der Waals surface area contributed by atoms with Gasteiger partial charge in [-0.3, -0.25) is 9.36 Å². The predicted molar refractivity (Wildman–Crippen MR) is 170 cm³/mol. The van der Waals surface area contributed by atoms with Crippen LogP contribution in [-0.2, 0) is 16.1 Å². The Hall–Kier alpha value is -3.30. The number of fused-ring (bicyclic) bond motifs is 1. The summed E-state index contributed by atoms with van der Waals surface area (Å²) in [6.07, 6.45) is 3.42. The second-order valence-corrected chi connectivity index (χ2v) is 12.6. The summed E-state index contributed by atoms with van der Waals surface area (Å²) in [5.41, 5.74) is 2.83. The first-order chi connectivity index (χ1) is 20.2. The Balaban J connectivity index is 1.62. The Kier molecular flexibility index (Phi) is 9.28. The van der Waals surface area contributed by atoms with Crippen molar-refractivity contribution in [2.75, 3.05) is 6.26 Å². The van der Waals surface area contributed by atoms with Crippen LogP contribution in [0, 0.1) is 0 Å². The van der Waals surface area contributed by atoms with Gasteiger partial charge in [0.25, 0.3) is 5.56 Å². The summed E-state index contributed by atoms with van der Waals surface area (Å²) < 4.78 is 13.7. The van der Waals surface area contributed by atoms with Gasteiger partial charge in [-0.05, 0) is 75.1 Å². The SMILES string of the molecule is CSc1ccc([C@@H]2C(C(=O)OC(C)C)=C(C)N=c3s/c(=C\c4cc(Cl)ccc4OCc4ccccc4Cl)c(=O)n32)cc1. The number of halogens is 2. The molecule has 0 aliphatic carbocycles. The molecule has 0 N–H and O–H groups in total. The van der Waals surface area contributed by atoms with Crippen molar-refractivity contribution in [3.8, 4) is 5.75 Å². The molecule has 216 valence electrons. The van der Waals surface area contributed by atoms with Crippen molar-refractivity contribution >= 4 is 58.3 Å². The van der Waals surface area contributed by atoms with Crippen molar-refractivity contribution in [1.82, 2.24) is 4.57 Å². The number of thioether (sulfide) groups is 1. The van der Waals surface area contributed by atoms with Gasteiger partial charge in [0.1, 0.15) is 12.4 Å². The highest BCUT2D eigenvalue weighted by Gasteiger charge is 2.33. The fraction of sp³-hybridized carbons (Fsp3) is 0.219. The number of rotatable bonds is 8. The molecule has 0 unspecified atom stereocenters. The minimum Gasteiger partial charge on any atom is -0.488 e. The van der Waals surface area contributed by atoms with E-state index in [1.54, 1.807) is 61.4 Å². The highest BCUT2D eigenvalue weighted by Crippen LogP contribution is 2.32. The maximum atomic E-state index is 14.1. The first-order valence-corrected chi connectivity index (χ1v) is 16.0. The van der Waals surface area contributed by atoms with E-state index in [4.69, 9.17) is 32.7 Å². The van der Waals surface area contributed by atoms with Crippen LogP contribution < -0.4 is 19.6 Å². The number of ether oxygens (including phenoxy) is 2. The summed E-state index contributed by atoms with van der Waals surface area (Å²) in [5, 5.41) is 1.11. The Morgan fingerprint density at radius 1 is 1.12 bits per heavy atom. The molecule has 0 bridgehead atoms. The van der Waals surface area contributed by atoms with Gasteiger partial charge in [-0.25, -0.2) is 9.79 Å². The molecule has 1 aliphatic heterocycles. The molecule has 6 nitrogen and oxygen atoms in total. The Bertz CT molecular complexity index is 1860. The van der Waals surface area contributed by atoms with Crippen LogP contribution in [0.15, 0.2) is 92.7 Å². The van der Waals surface area contributed by atoms with Crippen LogP contribution in [0.4, 0.5) is 0 Å². The first kappa shape index (κ1) is 30.2. The van der Waals surface area contributed by atoms with Gasteiger partial charge < -0.3 is 9.47 Å². The molecule has 0 radical (unpaired) electrons. The summed E-state index contributed by atoms with van der Waals surface area (Å²) in [6.45, 7) is 5.61. The summed E-state index contributed by atoms with van der Waals surface area (Å²) >= 11 is 15.5. The number of aromatic nitrogens is 1. The van der Waals surface area contributed by atoms with Crippen molar-refractivity contribution in [3.63, 3.8) is 0 Å². The van der Waals surface area contributed by atoms with E-state index in [2.05, 4.69) is 4.99 Å². The van der Waals surface area contributed by atoms with Gasteiger partial charge in [0.15, 0.2) is 4.80 Å². The molecule has 2 heterocycles. The Morgan fingerprint density at radius 2 is 1.86 bits per heavy atom. The number of carbonyl (C=O) groups excluding carboxylic acids is 1. The molecule has 3 aromatic carbocycles. The van der Waals surface area contributed by atoms with Crippen LogP contribution in [0.25, 0.3) is 6.08 Å². The van der Waals surface area contributed by atoms with E-state index in [9.17, 15) is 9.59 Å². The number of carbonyl (C=O) groups is 1. The van der Waals surface area contributed by atoms with Crippen LogP contribution in [-0.4, -0.2) is 22.9 Å². The highest BCUT2D eigenvalue weighted by molar-refractivity contribution is 7.98. The normalized spacial score (nSPS) is 15.0. The number of nitrogens with zero attached hydrogens (tertiary/aromatic N) is 2. The molecule has 0 fully saturated rings. The van der Waals surface area contributed by atoms with Gasteiger partial charge >= 0.3 is 5.97 Å². The van der Waals surface area contributed by atoms with Crippen molar-refractivity contribution in [3.05, 3.63) is 124 Å². The maximum Gasteiger partial charge on any atom is 0.338 e. The van der Waals surface area contributed by atoms with E-state index in [0.717, 1.165) is 16.0 Å². The van der Waals surface area contributed by atoms with Gasteiger partial charge in [-0.1, -0.05) is 64.9 Å². The molecule has 0 saturated carbocycles. The van der Waals surface area contributed by atoms with Crippen LogP contribution in [0.2, 0.25) is 10.0 Å². The molecule has 4 aromatic rings. The summed E-state index contributed by atoms with van der Waals surface area (Å²) in [4.78, 5) is 33.6. The van der Waals surface area contributed by atoms with Gasteiger partial charge in [0.2, 0.25) is 0 Å². The van der Waals surface area contributed by atoms with E-state index in [-0.39, 0.29) is 18.3 Å². The average Bonchev–Trinajstić information content (AvgIpc) is 3.26. The fourth-order valence-corrected chi connectivity index (χ4v) is 6.45. The Labute approximate surface area is 261 Å². The zero-order chi connectivity index (χ0) is 30.0. The number of benzene rings is 3. The summed E-state index contributed by atoms with van der Waals surface area (Å²) in [5.74, 6) is 0.0521. The second kappa shape index (κ2) is 12.9. The lowest BCUT2D eigenvalue weighted by Crippen LogP contribution is -2.40. The molecule has 0 saturated heterocycles. The number of thiazole rings is 1. The molecule has 0 amide bonds. The van der Waals surface area contributed by atoms with E-state index in [1.165, 1.54) is 11.3 Å². The predicted octanol–water partition coefficient (Wildman–Crippen LogP) is 6.79. The van der Waals surface area contributed by atoms with Crippen LogP contribution in [0.5, 0.6) is 5.75 Å². The number of hydrogen-bond donors (Lipinski definition) is 0. The van der Waals surface area contributed by atoms with Gasteiger partial charge in [0, 0.05) is 26.1 Å². The largest absolute Gasteiger partial charge is 0.488 e. The molecule has 0 spiro atoms. The quantitative estimate of drug-likeness (QED) is 0.157. The number of allylic oxidation sites excluding steroid dienone is 1. The Morgan fingerprint density at radius 3 is 2.55 bits per heavy atom. The zero-order valence-corrected chi connectivity index (χ0v) is 26.5. The van der Waals surface area contributed by atoms with Gasteiger partial charge in [-0.15, -0.1) is 11.8 Å². The minimum atomic E-state index is -0.694. The van der Waals surface area contributed by atoms with E-state index < -0.39 is 12.0 Å². The van der Waals surface area contributed by atoms with Crippen molar-refractivity contribution in [1.29, 1.82) is 0 Å². The molecule has 10 heteroatoms. The minimum absolute atomic E-state index is 0.246. The standard InChI is InChI=1S/C32H28Cl2N2O4S2/c1-18(2)40-31(38)28-19(3)35-32-36(29(28)20-9-12-24(41-4)13-10-20)30(37)27(42-32)16-22-15-23(33)11-14-26(22)39-17-21-7-5-6-8-25(21)34/h5-16,18,29H,17H2,1-4H3/b27-16-/t29-/m1/s1. The molecular weight excluding hydrogens is 611 g/mol. The zero-order valence-electron chi connectivity index (χ0n) is 23.4. The van der Waals surface area contributed by atoms with Crippen molar-refractivity contribution < 1.29 is 14.3 Å². The molecule has 1 aromatic heterocycles. The van der Waals surface area contributed by atoms with E-state index in [0.29, 0.717) is 42.0 Å². The third-order valence-electron chi connectivity index (χ3n) is 6.62. The smallest absolute Gasteiger partial charge is 0.338 e. The maximum absolute atomic E-state index is 14.1. The number of esters is 1. The lowest BCUT2D eigenvalue weighted by Gasteiger charge is -2.25. The number of hydrogen-bond acceptors (Lipinski definition) is 7. The molecule has 42 heavy (non-hydrogen) atoms.